The van der Waals surface area contributed by atoms with Gasteiger partial charge in [0, 0.05) is 55.9 Å². The van der Waals surface area contributed by atoms with Gasteiger partial charge in [-0.25, -0.2) is 0 Å². The average molecular weight is 1060 g/mol. The summed E-state index contributed by atoms with van der Waals surface area (Å²) in [6.07, 6.45) is -1.13. The monoisotopic (exact) mass is 1060 g/mol. The maximum atomic E-state index is 13.4. The molecule has 0 aromatic heterocycles. The summed E-state index contributed by atoms with van der Waals surface area (Å²) in [4.78, 5) is 0. The van der Waals surface area contributed by atoms with Crippen molar-refractivity contribution in [3.8, 4) is 0 Å². The van der Waals surface area contributed by atoms with Gasteiger partial charge in [0.2, 0.25) is 0 Å². The van der Waals surface area contributed by atoms with E-state index in [2.05, 4.69) is 46.6 Å². The van der Waals surface area contributed by atoms with Gasteiger partial charge in [-0.3, -0.25) is 29.0 Å². The summed E-state index contributed by atoms with van der Waals surface area (Å²) in [6, 6.07) is -0.964. The molecular weight excluding hydrogens is 1020 g/mol. The van der Waals surface area contributed by atoms with Crippen LogP contribution in [0.25, 0.3) is 21.3 Å². The molecule has 4 aliphatic heterocycles. The van der Waals surface area contributed by atoms with Gasteiger partial charge in [-0.1, -0.05) is 64.2 Å². The van der Waals surface area contributed by atoms with E-state index < -0.39 is 56.0 Å². The minimum absolute atomic E-state index is 0. The molecule has 4 nitrogen and oxygen atoms in total. The van der Waals surface area contributed by atoms with E-state index >= 15 is 0 Å². The molecule has 58 heavy (non-hydrogen) atoms. The van der Waals surface area contributed by atoms with Crippen molar-refractivity contribution >= 4 is 7.81 Å². The van der Waals surface area contributed by atoms with Crippen LogP contribution >= 0.6 is 7.81 Å². The van der Waals surface area contributed by atoms with Gasteiger partial charge in [0.05, 0.1) is 0 Å². The van der Waals surface area contributed by atoms with Crippen LogP contribution in [0.15, 0.2) is 58.6 Å². The van der Waals surface area contributed by atoms with Gasteiger partial charge < -0.3 is 21.3 Å². The summed E-state index contributed by atoms with van der Waals surface area (Å²) < 4.78 is 186. The second kappa shape index (κ2) is 20.3. The van der Waals surface area contributed by atoms with E-state index in [0.29, 0.717) is 23.0 Å². The third kappa shape index (κ3) is 19.6. The Balaban J connectivity index is 0.000000278. The summed E-state index contributed by atoms with van der Waals surface area (Å²) in [5, 5.41) is 16.7. The van der Waals surface area contributed by atoms with E-state index in [0.717, 1.165) is 50.9 Å². The molecule has 4 fully saturated rings. The molecule has 0 amide bonds. The first kappa shape index (κ1) is 52.2. The molecule has 0 spiro atoms. The Kier molecular flexibility index (Phi) is 18.3. The van der Waals surface area contributed by atoms with Crippen LogP contribution in [0, 0.1) is 36.0 Å². The second-order valence-corrected chi connectivity index (χ2v) is 16.7. The van der Waals surface area contributed by atoms with E-state index in [1.807, 2.05) is 0 Å². The van der Waals surface area contributed by atoms with E-state index in [9.17, 15) is 69.1 Å². The molecule has 0 aromatic rings. The molecule has 0 N–H and O–H groups in total. The minimum Gasteiger partial charge on any atom is 0 e. The number of allylic oxidation sites excluding steroid dienone is 4. The van der Waals surface area contributed by atoms with Gasteiger partial charge in [-0.05, 0) is 12.8 Å². The van der Waals surface area contributed by atoms with Crippen molar-refractivity contribution in [3.05, 3.63) is 92.2 Å². The van der Waals surface area contributed by atoms with Crippen molar-refractivity contribution in [2.75, 3.05) is 26.2 Å². The first-order valence-corrected chi connectivity index (χ1v) is 20.1. The molecule has 1 radical (unpaired) electrons. The molecule has 6 aliphatic rings. The largest absolute Gasteiger partial charge is 0 e. The van der Waals surface area contributed by atoms with Gasteiger partial charge in [0.1, 0.15) is 0 Å². The predicted octanol–water partition coefficient (Wildman–Crippen LogP) is 15.0. The molecule has 22 heteroatoms. The topological polar surface area (TPSA) is 56.4 Å². The molecule has 4 heterocycles. The Morgan fingerprint density at radius 1 is 0.552 bits per heavy atom. The van der Waals surface area contributed by atoms with Gasteiger partial charge in [0.15, 0.2) is 0 Å². The number of hydrogen-bond donors (Lipinski definition) is 0. The number of nitrogens with zero attached hydrogens (tertiary/aromatic N) is 4. The fraction of sp³-hybridized carbons (Fsp3) is 0.667. The van der Waals surface area contributed by atoms with Crippen LogP contribution in [0.3, 0.4) is 0 Å². The quantitative estimate of drug-likeness (QED) is 0.117. The van der Waals surface area contributed by atoms with E-state index in [-0.39, 0.29) is 83.0 Å². The summed E-state index contributed by atoms with van der Waals surface area (Å²) >= 11 is 0. The fourth-order valence-corrected chi connectivity index (χ4v) is 6.56. The van der Waals surface area contributed by atoms with Crippen molar-refractivity contribution in [1.82, 2.24) is 0 Å². The van der Waals surface area contributed by atoms with Crippen molar-refractivity contribution in [2.24, 2.45) is 23.7 Å². The molecule has 0 bridgehead atoms. The summed E-state index contributed by atoms with van der Waals surface area (Å²) in [5.74, 6) is -2.84. The number of hydrogen-bond acceptors (Lipinski definition) is 0. The first-order valence-electron chi connectivity index (χ1n) is 18.1. The molecule has 8 atom stereocenters. The molecule has 0 saturated carbocycles. The van der Waals surface area contributed by atoms with Crippen molar-refractivity contribution in [2.45, 2.75) is 102 Å². The molecule has 2 aliphatic carbocycles. The van der Waals surface area contributed by atoms with Crippen molar-refractivity contribution in [3.63, 3.8) is 0 Å². The van der Waals surface area contributed by atoms with Crippen molar-refractivity contribution in [1.29, 1.82) is 0 Å². The first-order chi connectivity index (χ1) is 26.0. The van der Waals surface area contributed by atoms with Gasteiger partial charge in [0.25, 0.3) is 0 Å². The molecule has 8 unspecified atom stereocenters. The number of alkyl halides is 6. The average Bonchev–Trinajstić information content (AvgIpc) is 3.08. The van der Waals surface area contributed by atoms with E-state index in [1.54, 1.807) is 0 Å². The van der Waals surface area contributed by atoms with Crippen LogP contribution < -0.4 is 0 Å². The smallest absolute Gasteiger partial charge is 0 e. The standard InChI is InChI=1S/C12H16F6N2.2C12H13F2N.F6P.Ir/c13-11(14,15)7-1-3-9(19-5-7)10-4-2-8(6-20-10)12(16,17)18;2*1-8-2-5-12(15-7-8)10-4-3-9(13)6-11(10)14;1-7(2,3,4,5)6;/h7-10H,1-6H2;2*3,6,8,12H,2,5,7H2,1H3;;/q3*-2;-1;. The van der Waals surface area contributed by atoms with E-state index in [4.69, 9.17) is 0 Å². The van der Waals surface area contributed by atoms with Gasteiger partial charge >= 0.3 is 45.3 Å². The van der Waals surface area contributed by atoms with Crippen LogP contribution in [0.1, 0.15) is 65.2 Å². The maximum absolute atomic E-state index is 13.4. The van der Waals surface area contributed by atoms with Crippen LogP contribution in [0.4, 0.5) is 69.1 Å². The Morgan fingerprint density at radius 2 is 0.879 bits per heavy atom. The Bertz CT molecular complexity index is 1410. The van der Waals surface area contributed by atoms with Crippen LogP contribution in [0.5, 0.6) is 0 Å². The zero-order chi connectivity index (χ0) is 43.0. The normalized spacial score (nSPS) is 31.7. The Labute approximate surface area is 340 Å². The molecule has 4 saturated heterocycles. The molecule has 6 rings (SSSR count). The van der Waals surface area contributed by atoms with Gasteiger partial charge in [-0.15, -0.1) is 73.7 Å². The second-order valence-electron chi connectivity index (χ2n) is 14.7. The summed E-state index contributed by atoms with van der Waals surface area (Å²) in [7, 11) is -10.7. The maximum Gasteiger partial charge on any atom is 0 e. The fourth-order valence-electron chi connectivity index (χ4n) is 6.56. The number of piperidine rings is 4. The Morgan fingerprint density at radius 3 is 1.10 bits per heavy atom. The Hall–Kier alpha value is -1.94. The third-order valence-corrected chi connectivity index (χ3v) is 9.69. The molecular formula is C36H42F16IrN4P-7. The molecule has 339 valence electrons. The predicted molar refractivity (Wildman–Crippen MR) is 186 cm³/mol. The van der Waals surface area contributed by atoms with E-state index in [1.165, 1.54) is 12.2 Å². The zero-order valence-electron chi connectivity index (χ0n) is 31.0. The van der Waals surface area contributed by atoms with Crippen LogP contribution in [0.2, 0.25) is 0 Å². The molecule has 0 aromatic carbocycles. The third-order valence-electron chi connectivity index (χ3n) is 9.69. The van der Waals surface area contributed by atoms with Gasteiger partial charge in [-0.2, -0.15) is 38.4 Å². The number of rotatable bonds is 3. The minimum atomic E-state index is -10.7. The van der Waals surface area contributed by atoms with Crippen LogP contribution in [-0.4, -0.2) is 62.7 Å². The number of halogens is 16. The summed E-state index contributed by atoms with van der Waals surface area (Å²) in [5.41, 5.74) is 6.10. The SMILES string of the molecule is CC1CCC(C2=C=CC(F)=C[C-]2F)[N-]C1.CC1CCC(C2=C=CC(F)=C[C-]2F)[N-]C1.FC(F)(F)C1CCC(C2CCC(C(F)(F)F)C[N-]2)[N-]C1.F[P-](F)(F)(F)(F)F.[Ir]. The zero-order valence-corrected chi connectivity index (χ0v) is 34.3. The van der Waals surface area contributed by atoms with Crippen LogP contribution in [-0.2, 0) is 20.1 Å². The summed E-state index contributed by atoms with van der Waals surface area (Å²) in [6.45, 7) is 5.20. The van der Waals surface area contributed by atoms with Crippen molar-refractivity contribution < 1.29 is 89.2 Å².